The molecule has 1 fully saturated rings. The Kier molecular flexibility index (Phi) is 6.83. The number of nitrogens with one attached hydrogen (secondary N) is 1. The molecule has 8 heteroatoms. The van der Waals surface area contributed by atoms with Crippen LogP contribution in [0.1, 0.15) is 38.2 Å². The summed E-state index contributed by atoms with van der Waals surface area (Å²) in [7, 11) is 3.30. The number of morpholine rings is 1. The Bertz CT molecular complexity index is 1070. The van der Waals surface area contributed by atoms with Crippen LogP contribution < -0.4 is 14.8 Å². The molecular formula is C24H28N2O5S. The number of thiophene rings is 1. The van der Waals surface area contributed by atoms with Gasteiger partial charge < -0.3 is 23.9 Å². The second kappa shape index (κ2) is 9.77. The van der Waals surface area contributed by atoms with Crippen molar-refractivity contribution in [1.29, 1.82) is 0 Å². The Balaban J connectivity index is 1.85. The first-order valence-corrected chi connectivity index (χ1v) is 11.3. The number of rotatable bonds is 7. The quantitative estimate of drug-likeness (QED) is 0.558. The van der Waals surface area contributed by atoms with Gasteiger partial charge in [-0.25, -0.2) is 0 Å². The van der Waals surface area contributed by atoms with Crippen molar-refractivity contribution in [2.45, 2.75) is 19.9 Å². The minimum atomic E-state index is -0.268. The Morgan fingerprint density at radius 2 is 1.91 bits per heavy atom. The molecule has 1 amide bonds. The van der Waals surface area contributed by atoms with E-state index in [1.165, 1.54) is 6.26 Å². The van der Waals surface area contributed by atoms with Gasteiger partial charge in [0.05, 0.1) is 39.7 Å². The van der Waals surface area contributed by atoms with Gasteiger partial charge in [0.1, 0.15) is 5.00 Å². The first kappa shape index (κ1) is 22.4. The fourth-order valence-electron chi connectivity index (χ4n) is 4.14. The number of furan rings is 1. The monoisotopic (exact) mass is 456 g/mol. The fourth-order valence-corrected chi connectivity index (χ4v) is 5.22. The number of carbonyl (C=O) groups is 1. The highest BCUT2D eigenvalue weighted by Gasteiger charge is 2.33. The van der Waals surface area contributed by atoms with Crippen LogP contribution in [-0.4, -0.2) is 51.3 Å². The van der Waals surface area contributed by atoms with Gasteiger partial charge in [0.25, 0.3) is 5.91 Å². The molecule has 0 radical (unpaired) electrons. The van der Waals surface area contributed by atoms with Crippen LogP contribution in [0.4, 0.5) is 5.00 Å². The summed E-state index contributed by atoms with van der Waals surface area (Å²) in [6, 6.07) is 9.15. The summed E-state index contributed by atoms with van der Waals surface area (Å²) in [5.74, 6) is 1.38. The molecule has 1 aliphatic rings. The molecule has 0 bridgehead atoms. The van der Waals surface area contributed by atoms with Crippen LogP contribution in [0, 0.1) is 13.8 Å². The van der Waals surface area contributed by atoms with Gasteiger partial charge in [-0.3, -0.25) is 9.69 Å². The second-order valence-corrected chi connectivity index (χ2v) is 8.82. The van der Waals surface area contributed by atoms with Crippen LogP contribution in [0.2, 0.25) is 0 Å². The van der Waals surface area contributed by atoms with Gasteiger partial charge in [0, 0.05) is 29.1 Å². The highest BCUT2D eigenvalue weighted by molar-refractivity contribution is 7.16. The lowest BCUT2D eigenvalue weighted by Gasteiger charge is -2.36. The Hall–Kier alpha value is -2.81. The summed E-state index contributed by atoms with van der Waals surface area (Å²) in [6.07, 6.45) is 1.50. The van der Waals surface area contributed by atoms with Crippen LogP contribution >= 0.6 is 11.3 Å². The van der Waals surface area contributed by atoms with Gasteiger partial charge >= 0.3 is 0 Å². The van der Waals surface area contributed by atoms with Crippen molar-refractivity contribution in [3.8, 4) is 11.5 Å². The number of para-hydroxylation sites is 1. The molecule has 1 saturated heterocycles. The van der Waals surface area contributed by atoms with E-state index in [0.717, 1.165) is 39.7 Å². The predicted molar refractivity (Wildman–Crippen MR) is 124 cm³/mol. The molecule has 0 spiro atoms. The highest BCUT2D eigenvalue weighted by atomic mass is 32.1. The lowest BCUT2D eigenvalue weighted by molar-refractivity contribution is 0.0235. The Morgan fingerprint density at radius 3 is 2.56 bits per heavy atom. The minimum absolute atomic E-state index is 0.138. The third-order valence-electron chi connectivity index (χ3n) is 5.82. The first-order valence-electron chi connectivity index (χ1n) is 10.5. The maximum atomic E-state index is 12.8. The number of aryl methyl sites for hydroxylation is 1. The van der Waals surface area contributed by atoms with E-state index in [1.807, 2.05) is 12.1 Å². The van der Waals surface area contributed by atoms with Gasteiger partial charge in [-0.05, 0) is 37.6 Å². The van der Waals surface area contributed by atoms with E-state index >= 15 is 0 Å². The fraction of sp³-hybridized carbons (Fsp3) is 0.375. The second-order valence-electron chi connectivity index (χ2n) is 7.59. The summed E-state index contributed by atoms with van der Waals surface area (Å²) in [5, 5.41) is 3.89. The maximum absolute atomic E-state index is 12.8. The normalized spacial score (nSPS) is 15.4. The molecule has 2 aromatic heterocycles. The highest BCUT2D eigenvalue weighted by Crippen LogP contribution is 2.46. The zero-order chi connectivity index (χ0) is 22.7. The number of amides is 1. The van der Waals surface area contributed by atoms with Crippen molar-refractivity contribution < 1.29 is 23.4 Å². The predicted octanol–water partition coefficient (Wildman–Crippen LogP) is 4.65. The number of methoxy groups -OCH3 is 2. The van der Waals surface area contributed by atoms with Crippen LogP contribution in [0.15, 0.2) is 41.0 Å². The summed E-state index contributed by atoms with van der Waals surface area (Å²) < 4.78 is 22.3. The number of hydrogen-bond donors (Lipinski definition) is 1. The van der Waals surface area contributed by atoms with Crippen LogP contribution in [-0.2, 0) is 4.74 Å². The van der Waals surface area contributed by atoms with Crippen molar-refractivity contribution in [3.63, 3.8) is 0 Å². The molecule has 1 aromatic carbocycles. The lowest BCUT2D eigenvalue weighted by atomic mass is 9.93. The molecule has 4 rings (SSSR count). The topological polar surface area (TPSA) is 73.2 Å². The summed E-state index contributed by atoms with van der Waals surface area (Å²) in [5.41, 5.74) is 3.19. The molecule has 3 aromatic rings. The number of nitrogens with zero attached hydrogens (tertiary/aromatic N) is 1. The summed E-state index contributed by atoms with van der Waals surface area (Å²) in [6.45, 7) is 7.02. The van der Waals surface area contributed by atoms with E-state index in [4.69, 9.17) is 18.6 Å². The van der Waals surface area contributed by atoms with Crippen molar-refractivity contribution in [2.24, 2.45) is 0 Å². The molecule has 0 unspecified atom stereocenters. The molecule has 0 aliphatic carbocycles. The number of hydrogen-bond acceptors (Lipinski definition) is 7. The number of benzene rings is 1. The van der Waals surface area contributed by atoms with E-state index in [9.17, 15) is 4.79 Å². The zero-order valence-electron chi connectivity index (χ0n) is 18.8. The van der Waals surface area contributed by atoms with E-state index in [0.29, 0.717) is 24.7 Å². The molecule has 1 aliphatic heterocycles. The third kappa shape index (κ3) is 4.26. The molecule has 1 N–H and O–H groups in total. The Labute approximate surface area is 191 Å². The zero-order valence-corrected chi connectivity index (χ0v) is 19.6. The van der Waals surface area contributed by atoms with Gasteiger partial charge in [-0.15, -0.1) is 11.3 Å². The number of ether oxygens (including phenoxy) is 3. The van der Waals surface area contributed by atoms with Gasteiger partial charge in [0.15, 0.2) is 17.3 Å². The van der Waals surface area contributed by atoms with Crippen LogP contribution in [0.3, 0.4) is 0 Å². The van der Waals surface area contributed by atoms with E-state index in [-0.39, 0.29) is 17.7 Å². The molecule has 170 valence electrons. The summed E-state index contributed by atoms with van der Waals surface area (Å²) in [4.78, 5) is 16.4. The minimum Gasteiger partial charge on any atom is -0.493 e. The third-order valence-corrected chi connectivity index (χ3v) is 6.95. The van der Waals surface area contributed by atoms with Crippen LogP contribution in [0.5, 0.6) is 11.5 Å². The average molecular weight is 457 g/mol. The standard InChI is InChI=1S/C24H28N2O5S/c1-15-16(2)32-24(25-23(27)19-9-6-12-31-19)20(15)21(26-10-13-30-14-11-26)17-7-5-8-18(28-3)22(17)29-4/h5-9,12,21H,10-11,13-14H2,1-4H3,(H,25,27)/t21-/m0/s1. The van der Waals surface area contributed by atoms with Crippen molar-refractivity contribution in [1.82, 2.24) is 4.90 Å². The van der Waals surface area contributed by atoms with Crippen molar-refractivity contribution >= 4 is 22.2 Å². The molecule has 1 atom stereocenters. The van der Waals surface area contributed by atoms with Gasteiger partial charge in [-0.1, -0.05) is 12.1 Å². The van der Waals surface area contributed by atoms with Crippen LogP contribution in [0.25, 0.3) is 0 Å². The van der Waals surface area contributed by atoms with E-state index in [1.54, 1.807) is 37.7 Å². The van der Waals surface area contributed by atoms with Crippen molar-refractivity contribution in [2.75, 3.05) is 45.8 Å². The number of anilines is 1. The molecule has 7 nitrogen and oxygen atoms in total. The number of carbonyl (C=O) groups excluding carboxylic acids is 1. The van der Waals surface area contributed by atoms with Gasteiger partial charge in [-0.2, -0.15) is 0 Å². The van der Waals surface area contributed by atoms with Gasteiger partial charge in [0.2, 0.25) is 0 Å². The Morgan fingerprint density at radius 1 is 1.12 bits per heavy atom. The van der Waals surface area contributed by atoms with E-state index < -0.39 is 0 Å². The molecule has 3 heterocycles. The largest absolute Gasteiger partial charge is 0.493 e. The summed E-state index contributed by atoms with van der Waals surface area (Å²) >= 11 is 1.57. The molecule has 0 saturated carbocycles. The lowest BCUT2D eigenvalue weighted by Crippen LogP contribution is -2.40. The maximum Gasteiger partial charge on any atom is 0.291 e. The van der Waals surface area contributed by atoms with E-state index in [2.05, 4.69) is 30.1 Å². The average Bonchev–Trinajstić information content (AvgIpc) is 3.45. The SMILES string of the molecule is COc1cccc([C@@H](c2c(NC(=O)c3ccco3)sc(C)c2C)N2CCOCC2)c1OC. The first-order chi connectivity index (χ1) is 15.5. The smallest absolute Gasteiger partial charge is 0.291 e. The molecule has 32 heavy (non-hydrogen) atoms. The molecular weight excluding hydrogens is 428 g/mol. The van der Waals surface area contributed by atoms with Crippen molar-refractivity contribution in [3.05, 3.63) is 63.9 Å².